The predicted octanol–water partition coefficient (Wildman–Crippen LogP) is 2.10. The van der Waals surface area contributed by atoms with Crippen molar-refractivity contribution in [3.05, 3.63) is 30.3 Å². The van der Waals surface area contributed by atoms with Crippen LogP contribution in [-0.4, -0.2) is 43.0 Å². The highest BCUT2D eigenvalue weighted by atomic mass is 16.2. The maximum Gasteiger partial charge on any atom is 0.244 e. The minimum absolute atomic E-state index is 0.0986. The van der Waals surface area contributed by atoms with Crippen LogP contribution in [0.15, 0.2) is 30.3 Å². The Morgan fingerprint density at radius 1 is 1.43 bits per heavy atom. The predicted molar refractivity (Wildman–Crippen MR) is 87.3 cm³/mol. The normalized spacial score (nSPS) is 24.0. The molecule has 1 aliphatic heterocycles. The largest absolute Gasteiger partial charge is 0.330 e. The van der Waals surface area contributed by atoms with Gasteiger partial charge in [0.15, 0.2) is 0 Å². The molecule has 0 spiro atoms. The van der Waals surface area contributed by atoms with Gasteiger partial charge in [-0.05, 0) is 50.9 Å². The molecule has 2 atom stereocenters. The van der Waals surface area contributed by atoms with E-state index in [-0.39, 0.29) is 17.4 Å². The summed E-state index contributed by atoms with van der Waals surface area (Å²) in [6.45, 7) is 9.46. The summed E-state index contributed by atoms with van der Waals surface area (Å²) in [6, 6.07) is 9.79. The van der Waals surface area contributed by atoms with Gasteiger partial charge in [0, 0.05) is 18.8 Å². The lowest BCUT2D eigenvalue weighted by Crippen LogP contribution is -2.47. The molecule has 2 unspecified atom stereocenters. The summed E-state index contributed by atoms with van der Waals surface area (Å²) in [5, 5.41) is 0. The lowest BCUT2D eigenvalue weighted by atomic mass is 9.90. The molecule has 1 heterocycles. The fraction of sp³-hybridized carbons (Fsp3) is 0.588. The SMILES string of the molecule is CCN(C(=O)C(C)N1CCC(C)(CN)C1)c1ccccc1. The summed E-state index contributed by atoms with van der Waals surface area (Å²) in [4.78, 5) is 16.9. The summed E-state index contributed by atoms with van der Waals surface area (Å²) in [5.41, 5.74) is 6.98. The Bertz CT molecular complexity index is 476. The van der Waals surface area contributed by atoms with Crippen LogP contribution in [0.5, 0.6) is 0 Å². The Labute approximate surface area is 127 Å². The third-order valence-corrected chi connectivity index (χ3v) is 4.64. The maximum atomic E-state index is 12.8. The Hall–Kier alpha value is -1.39. The molecule has 4 heteroatoms. The first-order valence-electron chi connectivity index (χ1n) is 7.81. The van der Waals surface area contributed by atoms with Crippen molar-refractivity contribution >= 4 is 11.6 Å². The highest BCUT2D eigenvalue weighted by Gasteiger charge is 2.37. The van der Waals surface area contributed by atoms with Gasteiger partial charge in [0.2, 0.25) is 5.91 Å². The number of para-hydroxylation sites is 1. The highest BCUT2D eigenvalue weighted by molar-refractivity contribution is 5.96. The van der Waals surface area contributed by atoms with Gasteiger partial charge in [-0.15, -0.1) is 0 Å². The summed E-state index contributed by atoms with van der Waals surface area (Å²) in [6.07, 6.45) is 1.07. The summed E-state index contributed by atoms with van der Waals surface area (Å²) in [7, 11) is 0. The van der Waals surface area contributed by atoms with Gasteiger partial charge in [-0.1, -0.05) is 25.1 Å². The third kappa shape index (κ3) is 3.44. The number of nitrogens with two attached hydrogens (primary N) is 1. The topological polar surface area (TPSA) is 49.6 Å². The van der Waals surface area contributed by atoms with E-state index in [2.05, 4.69) is 11.8 Å². The van der Waals surface area contributed by atoms with Crippen molar-refractivity contribution in [2.45, 2.75) is 33.2 Å². The van der Waals surface area contributed by atoms with E-state index in [1.165, 1.54) is 0 Å². The Kier molecular flexibility index (Phi) is 5.01. The van der Waals surface area contributed by atoms with Gasteiger partial charge in [0.05, 0.1) is 6.04 Å². The number of likely N-dealkylation sites (tertiary alicyclic amines) is 1. The molecule has 1 aromatic carbocycles. The molecule has 1 amide bonds. The molecule has 21 heavy (non-hydrogen) atoms. The van der Waals surface area contributed by atoms with E-state index in [0.29, 0.717) is 13.1 Å². The molecule has 4 nitrogen and oxygen atoms in total. The molecular weight excluding hydrogens is 262 g/mol. The fourth-order valence-corrected chi connectivity index (χ4v) is 3.01. The third-order valence-electron chi connectivity index (χ3n) is 4.64. The number of benzene rings is 1. The molecule has 0 saturated carbocycles. The Morgan fingerprint density at radius 3 is 2.62 bits per heavy atom. The molecule has 0 radical (unpaired) electrons. The van der Waals surface area contributed by atoms with Crippen molar-refractivity contribution in [3.63, 3.8) is 0 Å². The number of hydrogen-bond acceptors (Lipinski definition) is 3. The maximum absolute atomic E-state index is 12.8. The average Bonchev–Trinajstić information content (AvgIpc) is 2.91. The second-order valence-electron chi connectivity index (χ2n) is 6.33. The van der Waals surface area contributed by atoms with E-state index < -0.39 is 0 Å². The second kappa shape index (κ2) is 6.58. The number of amides is 1. The smallest absolute Gasteiger partial charge is 0.244 e. The number of carbonyl (C=O) groups is 1. The van der Waals surface area contributed by atoms with E-state index >= 15 is 0 Å². The number of carbonyl (C=O) groups excluding carboxylic acids is 1. The zero-order valence-corrected chi connectivity index (χ0v) is 13.4. The lowest BCUT2D eigenvalue weighted by molar-refractivity contribution is -0.123. The highest BCUT2D eigenvalue weighted by Crippen LogP contribution is 2.30. The standard InChI is InChI=1S/C17H27N3O/c1-4-20(15-8-6-5-7-9-15)16(21)14(2)19-11-10-17(3,12-18)13-19/h5-9,14H,4,10-13,18H2,1-3H3. The van der Waals surface area contributed by atoms with Gasteiger partial charge in [-0.3, -0.25) is 9.69 Å². The van der Waals surface area contributed by atoms with Crippen LogP contribution in [0.1, 0.15) is 27.2 Å². The summed E-state index contributed by atoms with van der Waals surface area (Å²) >= 11 is 0. The van der Waals surface area contributed by atoms with Gasteiger partial charge >= 0.3 is 0 Å². The van der Waals surface area contributed by atoms with Crippen molar-refractivity contribution < 1.29 is 4.79 Å². The Balaban J connectivity index is 2.08. The van der Waals surface area contributed by atoms with E-state index in [1.54, 1.807) is 0 Å². The van der Waals surface area contributed by atoms with E-state index in [1.807, 2.05) is 49.1 Å². The van der Waals surface area contributed by atoms with Crippen molar-refractivity contribution in [2.75, 3.05) is 31.1 Å². The van der Waals surface area contributed by atoms with E-state index in [9.17, 15) is 4.79 Å². The van der Waals surface area contributed by atoms with Gasteiger partial charge < -0.3 is 10.6 Å². The number of rotatable bonds is 5. The van der Waals surface area contributed by atoms with Crippen molar-refractivity contribution in [2.24, 2.45) is 11.1 Å². The zero-order chi connectivity index (χ0) is 15.5. The van der Waals surface area contributed by atoms with Crippen LogP contribution in [0.2, 0.25) is 0 Å². The molecule has 2 N–H and O–H groups in total. The first-order chi connectivity index (χ1) is 10.0. The van der Waals surface area contributed by atoms with Crippen LogP contribution in [0, 0.1) is 5.41 Å². The first kappa shape index (κ1) is 16.0. The number of likely N-dealkylation sites (N-methyl/N-ethyl adjacent to an activating group) is 1. The van der Waals surface area contributed by atoms with Crippen LogP contribution in [0.4, 0.5) is 5.69 Å². The van der Waals surface area contributed by atoms with Crippen LogP contribution >= 0.6 is 0 Å². The molecule has 2 rings (SSSR count). The van der Waals surface area contributed by atoms with E-state index in [4.69, 9.17) is 5.73 Å². The minimum Gasteiger partial charge on any atom is -0.330 e. The lowest BCUT2D eigenvalue weighted by Gasteiger charge is -2.31. The molecule has 0 bridgehead atoms. The molecule has 1 fully saturated rings. The quantitative estimate of drug-likeness (QED) is 0.903. The number of anilines is 1. The van der Waals surface area contributed by atoms with Gasteiger partial charge in [0.25, 0.3) is 0 Å². The summed E-state index contributed by atoms with van der Waals surface area (Å²) in [5.74, 6) is 0.171. The first-order valence-corrected chi connectivity index (χ1v) is 7.81. The molecule has 116 valence electrons. The Morgan fingerprint density at radius 2 is 2.10 bits per heavy atom. The fourth-order valence-electron chi connectivity index (χ4n) is 3.01. The summed E-state index contributed by atoms with van der Waals surface area (Å²) < 4.78 is 0. The van der Waals surface area contributed by atoms with E-state index in [0.717, 1.165) is 25.2 Å². The number of hydrogen-bond donors (Lipinski definition) is 1. The zero-order valence-electron chi connectivity index (χ0n) is 13.4. The molecule has 0 aliphatic carbocycles. The van der Waals surface area contributed by atoms with Gasteiger partial charge in [-0.25, -0.2) is 0 Å². The van der Waals surface area contributed by atoms with Crippen LogP contribution in [0.25, 0.3) is 0 Å². The van der Waals surface area contributed by atoms with Crippen molar-refractivity contribution in [1.82, 2.24) is 4.90 Å². The molecule has 0 aromatic heterocycles. The molecule has 1 aromatic rings. The van der Waals surface area contributed by atoms with Crippen molar-refractivity contribution in [1.29, 1.82) is 0 Å². The number of nitrogens with zero attached hydrogens (tertiary/aromatic N) is 2. The van der Waals surface area contributed by atoms with Crippen LogP contribution < -0.4 is 10.6 Å². The van der Waals surface area contributed by atoms with Gasteiger partial charge in [-0.2, -0.15) is 0 Å². The minimum atomic E-state index is -0.0986. The monoisotopic (exact) mass is 289 g/mol. The molecular formula is C17H27N3O. The van der Waals surface area contributed by atoms with Crippen molar-refractivity contribution in [3.8, 4) is 0 Å². The molecule has 1 aliphatic rings. The van der Waals surface area contributed by atoms with Crippen LogP contribution in [-0.2, 0) is 4.79 Å². The van der Waals surface area contributed by atoms with Crippen LogP contribution in [0.3, 0.4) is 0 Å². The average molecular weight is 289 g/mol. The molecule has 1 saturated heterocycles. The second-order valence-corrected chi connectivity index (χ2v) is 6.33. The van der Waals surface area contributed by atoms with Gasteiger partial charge in [0.1, 0.15) is 0 Å².